The Bertz CT molecular complexity index is 2000. The largest absolute Gasteiger partial charge is 0.464 e. The Hall–Kier alpha value is -5.01. The molecular weight excluding hydrogens is 580 g/mol. The zero-order chi connectivity index (χ0) is 32.0. The number of imidazole rings is 1. The Morgan fingerprint density at radius 3 is 2.43 bits per heavy atom. The number of sulfonamides is 1. The topological polar surface area (TPSA) is 160 Å². The highest BCUT2D eigenvalue weighted by molar-refractivity contribution is 7.89. The number of carboxylic acid groups (broad SMARTS) is 1. The Labute approximate surface area is 255 Å². The average Bonchev–Trinajstić information content (AvgIpc) is 3.27. The summed E-state index contributed by atoms with van der Waals surface area (Å²) in [5, 5.41) is 18.7. The smallest absolute Gasteiger partial charge is 0.418 e. The van der Waals surface area contributed by atoms with Gasteiger partial charge in [0.2, 0.25) is 21.9 Å². The third-order valence-corrected chi connectivity index (χ3v) is 8.36. The summed E-state index contributed by atoms with van der Waals surface area (Å²) in [5.41, 5.74) is 4.27. The van der Waals surface area contributed by atoms with Crippen LogP contribution in [-0.2, 0) is 22.5 Å². The number of amides is 1. The van der Waals surface area contributed by atoms with Crippen LogP contribution < -0.4 is 20.3 Å². The van der Waals surface area contributed by atoms with Gasteiger partial charge in [0.15, 0.2) is 0 Å². The summed E-state index contributed by atoms with van der Waals surface area (Å²) in [7, 11) is -0.264. The van der Waals surface area contributed by atoms with E-state index in [4.69, 9.17) is 10.1 Å². The Morgan fingerprint density at radius 1 is 1.02 bits per heavy atom. The lowest BCUT2D eigenvalue weighted by Crippen LogP contribution is -2.29. The average molecular weight is 615 g/mol. The van der Waals surface area contributed by atoms with Gasteiger partial charge in [-0.2, -0.15) is 4.98 Å². The van der Waals surface area contributed by atoms with Gasteiger partial charge in [0.05, 0.1) is 21.6 Å². The Balaban J connectivity index is 1.48. The Morgan fingerprint density at radius 2 is 1.75 bits per heavy atom. The van der Waals surface area contributed by atoms with Crippen LogP contribution in [0.25, 0.3) is 11.0 Å². The van der Waals surface area contributed by atoms with Gasteiger partial charge in [-0.25, -0.2) is 33.2 Å². The fraction of sp³-hybridized carbons (Fsp3) is 0.226. The third-order valence-electron chi connectivity index (χ3n) is 7.31. The second-order valence-corrected chi connectivity index (χ2v) is 13.0. The van der Waals surface area contributed by atoms with Crippen molar-refractivity contribution in [3.63, 3.8) is 0 Å². The molecule has 0 unspecified atom stereocenters. The fourth-order valence-corrected chi connectivity index (χ4v) is 5.83. The quantitative estimate of drug-likeness (QED) is 0.201. The normalized spacial score (nSPS) is 11.9. The number of aryl methyl sites for hydroxylation is 2. The van der Waals surface area contributed by atoms with Crippen LogP contribution in [0.15, 0.2) is 77.8 Å². The predicted molar refractivity (Wildman–Crippen MR) is 172 cm³/mol. The van der Waals surface area contributed by atoms with Crippen molar-refractivity contribution in [1.29, 1.82) is 0 Å². The highest BCUT2D eigenvalue weighted by Gasteiger charge is 2.29. The lowest BCUT2D eigenvalue weighted by atomic mass is 9.85. The molecule has 1 amide bonds. The molecule has 0 aliphatic carbocycles. The van der Waals surface area contributed by atoms with Crippen molar-refractivity contribution in [2.75, 3.05) is 22.2 Å². The molecule has 0 saturated carbocycles. The molecule has 5 rings (SSSR count). The number of nitrogens with zero attached hydrogens (tertiary/aromatic N) is 6. The summed E-state index contributed by atoms with van der Waals surface area (Å²) < 4.78 is 25.7. The van der Waals surface area contributed by atoms with Gasteiger partial charge in [-0.1, -0.05) is 45.0 Å². The van der Waals surface area contributed by atoms with Crippen molar-refractivity contribution in [2.24, 2.45) is 12.2 Å². The zero-order valence-electron chi connectivity index (χ0n) is 25.3. The first-order chi connectivity index (χ1) is 20.6. The van der Waals surface area contributed by atoms with Gasteiger partial charge >= 0.3 is 6.09 Å². The van der Waals surface area contributed by atoms with Crippen molar-refractivity contribution in [1.82, 2.24) is 19.5 Å². The number of anilines is 6. The summed E-state index contributed by atoms with van der Waals surface area (Å²) in [6.45, 7) is 7.79. The number of primary sulfonamides is 1. The predicted octanol–water partition coefficient (Wildman–Crippen LogP) is 5.94. The number of aromatic nitrogens is 4. The van der Waals surface area contributed by atoms with Crippen molar-refractivity contribution in [3.8, 4) is 0 Å². The van der Waals surface area contributed by atoms with Gasteiger partial charge < -0.3 is 19.9 Å². The monoisotopic (exact) mass is 614 g/mol. The number of nitrogens with one attached hydrogen (secondary N) is 1. The Kier molecular flexibility index (Phi) is 7.78. The number of nitrogens with two attached hydrogens (primary N) is 1. The SMILES string of the molecule is Cc1ccc(Nc2nccc(N(C)c3ccc4c(c3)nc(N(C(=O)O)c3ccccc3C(C)(C)C)n4C)n2)cc1S(N)(=O)=O. The molecule has 2 aromatic heterocycles. The summed E-state index contributed by atoms with van der Waals surface area (Å²) >= 11 is 0. The molecule has 13 heteroatoms. The summed E-state index contributed by atoms with van der Waals surface area (Å²) in [6, 6.07) is 19.6. The highest BCUT2D eigenvalue weighted by Crippen LogP contribution is 2.37. The van der Waals surface area contributed by atoms with Gasteiger partial charge in [-0.05, 0) is 65.9 Å². The molecule has 44 heavy (non-hydrogen) atoms. The molecule has 228 valence electrons. The summed E-state index contributed by atoms with van der Waals surface area (Å²) in [5.74, 6) is 1.09. The van der Waals surface area contributed by atoms with E-state index in [1.165, 1.54) is 11.0 Å². The second-order valence-electron chi connectivity index (χ2n) is 11.5. The molecule has 0 aliphatic rings. The molecule has 5 aromatic rings. The number of carbonyl (C=O) groups is 1. The van der Waals surface area contributed by atoms with Gasteiger partial charge in [0.1, 0.15) is 5.82 Å². The molecule has 0 atom stereocenters. The van der Waals surface area contributed by atoms with E-state index in [9.17, 15) is 18.3 Å². The minimum absolute atomic E-state index is 0.0159. The molecule has 4 N–H and O–H groups in total. The number of hydrogen-bond donors (Lipinski definition) is 3. The van der Waals surface area contributed by atoms with Crippen LogP contribution in [0.2, 0.25) is 0 Å². The maximum absolute atomic E-state index is 12.6. The maximum Gasteiger partial charge on any atom is 0.418 e. The molecule has 0 bridgehead atoms. The molecule has 2 heterocycles. The van der Waals surface area contributed by atoms with E-state index in [1.807, 2.05) is 69.1 Å². The number of para-hydroxylation sites is 1. The van der Waals surface area contributed by atoms with E-state index in [2.05, 4.69) is 15.3 Å². The molecule has 0 saturated heterocycles. The van der Waals surface area contributed by atoms with Crippen LogP contribution in [0.5, 0.6) is 0 Å². The molecule has 3 aromatic carbocycles. The number of rotatable bonds is 7. The molecule has 0 aliphatic heterocycles. The third kappa shape index (κ3) is 5.92. The zero-order valence-corrected chi connectivity index (χ0v) is 26.1. The van der Waals surface area contributed by atoms with E-state index < -0.39 is 16.1 Å². The molecule has 12 nitrogen and oxygen atoms in total. The van der Waals surface area contributed by atoms with E-state index in [0.717, 1.165) is 16.8 Å². The van der Waals surface area contributed by atoms with Crippen LogP contribution in [-0.4, -0.2) is 46.2 Å². The van der Waals surface area contributed by atoms with Gasteiger partial charge in [-0.15, -0.1) is 0 Å². The number of benzene rings is 3. The fourth-order valence-electron chi connectivity index (χ4n) is 5.03. The van der Waals surface area contributed by atoms with Crippen LogP contribution in [0.4, 0.5) is 39.6 Å². The minimum Gasteiger partial charge on any atom is -0.464 e. The van der Waals surface area contributed by atoms with Crippen LogP contribution in [0, 0.1) is 6.92 Å². The van der Waals surface area contributed by atoms with Crippen LogP contribution in [0.1, 0.15) is 31.9 Å². The van der Waals surface area contributed by atoms with E-state index >= 15 is 0 Å². The first-order valence-electron chi connectivity index (χ1n) is 13.7. The number of hydrogen-bond acceptors (Lipinski definition) is 8. The maximum atomic E-state index is 12.6. The second kappa shape index (κ2) is 11.2. The molecular formula is C31H34N8O4S. The minimum atomic E-state index is -3.89. The number of fused-ring (bicyclic) bond motifs is 1. The first-order valence-corrected chi connectivity index (χ1v) is 15.3. The summed E-state index contributed by atoms with van der Waals surface area (Å²) in [6.07, 6.45) is 0.452. The standard InChI is InChI=1S/C31H34N8O4S/c1-19-11-12-20(17-26(19)44(32,42)43)34-28-33-16-15-27(36-28)37(5)21-13-14-25-23(18-21)35-29(38(25)6)39(30(40)41)24-10-8-7-9-22(24)31(2,3)4/h7-18H,1-6H3,(H,40,41)(H2,32,42,43)(H,33,34,36). The summed E-state index contributed by atoms with van der Waals surface area (Å²) in [4.78, 5) is 29.3. The first kappa shape index (κ1) is 30.4. The molecule has 0 radical (unpaired) electrons. The van der Waals surface area contributed by atoms with E-state index in [-0.39, 0.29) is 22.2 Å². The lowest BCUT2D eigenvalue weighted by molar-refractivity contribution is 0.204. The van der Waals surface area contributed by atoms with Crippen molar-refractivity contribution in [2.45, 2.75) is 38.0 Å². The van der Waals surface area contributed by atoms with Gasteiger partial charge in [0.25, 0.3) is 0 Å². The van der Waals surface area contributed by atoms with E-state index in [1.54, 1.807) is 49.0 Å². The van der Waals surface area contributed by atoms with Gasteiger partial charge in [0, 0.05) is 31.7 Å². The van der Waals surface area contributed by atoms with Crippen molar-refractivity contribution < 1.29 is 18.3 Å². The van der Waals surface area contributed by atoms with Crippen LogP contribution >= 0.6 is 0 Å². The lowest BCUT2D eigenvalue weighted by Gasteiger charge is -2.27. The van der Waals surface area contributed by atoms with E-state index in [0.29, 0.717) is 28.3 Å². The van der Waals surface area contributed by atoms with Crippen molar-refractivity contribution in [3.05, 3.63) is 84.1 Å². The highest BCUT2D eigenvalue weighted by atomic mass is 32.2. The van der Waals surface area contributed by atoms with Crippen molar-refractivity contribution >= 4 is 61.9 Å². The van der Waals surface area contributed by atoms with Gasteiger partial charge in [-0.3, -0.25) is 0 Å². The van der Waals surface area contributed by atoms with Crippen LogP contribution in [0.3, 0.4) is 0 Å². The molecule has 0 spiro atoms. The molecule has 0 fully saturated rings.